The van der Waals surface area contributed by atoms with Crippen LogP contribution in [0.5, 0.6) is 0 Å². The van der Waals surface area contributed by atoms with Crippen LogP contribution in [-0.4, -0.2) is 14.8 Å². The number of rotatable bonds is 3. The van der Waals surface area contributed by atoms with Crippen LogP contribution in [0.1, 0.15) is 39.4 Å². The van der Waals surface area contributed by atoms with Crippen LogP contribution < -0.4 is 0 Å². The van der Waals surface area contributed by atoms with Gasteiger partial charge in [-0.25, -0.2) is 0 Å². The summed E-state index contributed by atoms with van der Waals surface area (Å²) >= 11 is 5.28. The predicted octanol–water partition coefficient (Wildman–Crippen LogP) is 2.65. The lowest BCUT2D eigenvalue weighted by molar-refractivity contribution is 0.292. The first-order chi connectivity index (χ1) is 6.57. The van der Waals surface area contributed by atoms with E-state index in [2.05, 4.69) is 35.5 Å². The van der Waals surface area contributed by atoms with Gasteiger partial charge in [-0.3, -0.25) is 9.67 Å². The van der Waals surface area contributed by atoms with E-state index in [4.69, 9.17) is 12.2 Å². The summed E-state index contributed by atoms with van der Waals surface area (Å²) in [6.07, 6.45) is 3.58. The Labute approximate surface area is 89.5 Å². The fourth-order valence-electron chi connectivity index (χ4n) is 2.13. The van der Waals surface area contributed by atoms with Crippen LogP contribution in [-0.2, 0) is 12.0 Å². The molecule has 78 valence electrons. The molecule has 0 amide bonds. The molecule has 3 nitrogen and oxygen atoms in total. The summed E-state index contributed by atoms with van der Waals surface area (Å²) in [4.78, 5) is 0. The molecule has 0 radical (unpaired) electrons. The highest BCUT2D eigenvalue weighted by atomic mass is 32.1. The topological polar surface area (TPSA) is 33.6 Å². The molecule has 0 aliphatic heterocycles. The van der Waals surface area contributed by atoms with Gasteiger partial charge in [-0.15, -0.1) is 0 Å². The molecule has 0 saturated heterocycles. The van der Waals surface area contributed by atoms with Gasteiger partial charge < -0.3 is 0 Å². The molecule has 14 heavy (non-hydrogen) atoms. The predicted molar refractivity (Wildman–Crippen MR) is 58.8 cm³/mol. The van der Waals surface area contributed by atoms with Gasteiger partial charge in [0.1, 0.15) is 5.82 Å². The first-order valence-corrected chi connectivity index (χ1v) is 5.65. The summed E-state index contributed by atoms with van der Waals surface area (Å²) in [6, 6.07) is 0. The lowest BCUT2D eigenvalue weighted by Gasteiger charge is -2.27. The highest BCUT2D eigenvalue weighted by Crippen LogP contribution is 2.44. The quantitative estimate of drug-likeness (QED) is 0.780. The van der Waals surface area contributed by atoms with E-state index in [0.29, 0.717) is 0 Å². The van der Waals surface area contributed by atoms with Crippen molar-refractivity contribution in [3.63, 3.8) is 0 Å². The van der Waals surface area contributed by atoms with Crippen LogP contribution in [0.25, 0.3) is 0 Å². The van der Waals surface area contributed by atoms with Crippen molar-refractivity contribution in [3.8, 4) is 0 Å². The lowest BCUT2D eigenvalue weighted by atomic mass is 9.98. The molecule has 1 aromatic rings. The third-order valence-electron chi connectivity index (χ3n) is 3.21. The Balaban J connectivity index is 2.47. The van der Waals surface area contributed by atoms with Crippen molar-refractivity contribution in [2.45, 2.75) is 45.6 Å². The normalized spacial score (nSPS) is 17.4. The zero-order valence-electron chi connectivity index (χ0n) is 9.00. The largest absolute Gasteiger partial charge is 0.298 e. The van der Waals surface area contributed by atoms with E-state index in [9.17, 15) is 0 Å². The molecular weight excluding hydrogens is 194 g/mol. The molecule has 0 spiro atoms. The fourth-order valence-corrected chi connectivity index (χ4v) is 2.52. The Bertz CT molecular complexity index is 384. The average Bonchev–Trinajstić information content (AvgIpc) is 2.90. The molecular formula is C10H17N3S. The van der Waals surface area contributed by atoms with Gasteiger partial charge in [-0.1, -0.05) is 6.92 Å². The summed E-state index contributed by atoms with van der Waals surface area (Å²) in [6.45, 7) is 6.63. The van der Waals surface area contributed by atoms with Gasteiger partial charge in [0.2, 0.25) is 0 Å². The maximum Gasteiger partial charge on any atom is 0.195 e. The summed E-state index contributed by atoms with van der Waals surface area (Å²) in [7, 11) is 0. The first kappa shape index (κ1) is 9.90. The Morgan fingerprint density at radius 1 is 1.57 bits per heavy atom. The molecule has 0 aromatic carbocycles. The van der Waals surface area contributed by atoms with E-state index in [0.717, 1.165) is 22.9 Å². The van der Waals surface area contributed by atoms with Crippen molar-refractivity contribution in [2.75, 3.05) is 0 Å². The van der Waals surface area contributed by atoms with Crippen LogP contribution in [0.4, 0.5) is 0 Å². The van der Waals surface area contributed by atoms with E-state index < -0.39 is 0 Å². The number of hydrogen-bond acceptors (Lipinski definition) is 2. The minimum Gasteiger partial charge on any atom is -0.298 e. The average molecular weight is 211 g/mol. The molecule has 0 atom stereocenters. The van der Waals surface area contributed by atoms with Gasteiger partial charge in [0.15, 0.2) is 4.77 Å². The third kappa shape index (κ3) is 1.41. The van der Waals surface area contributed by atoms with E-state index in [1.165, 1.54) is 12.8 Å². The molecule has 0 unspecified atom stereocenters. The van der Waals surface area contributed by atoms with Gasteiger partial charge in [0.05, 0.1) is 0 Å². The van der Waals surface area contributed by atoms with Crippen molar-refractivity contribution < 1.29 is 0 Å². The number of nitrogens with one attached hydrogen (secondary N) is 1. The summed E-state index contributed by atoms with van der Waals surface area (Å²) in [5.41, 5.74) is 0.134. The Hall–Kier alpha value is -0.640. The summed E-state index contributed by atoms with van der Waals surface area (Å²) in [5, 5.41) is 7.15. The monoisotopic (exact) mass is 211 g/mol. The second-order valence-corrected chi connectivity index (χ2v) is 4.95. The van der Waals surface area contributed by atoms with Gasteiger partial charge >= 0.3 is 0 Å². The molecule has 0 bridgehead atoms. The van der Waals surface area contributed by atoms with Crippen LogP contribution in [0.3, 0.4) is 0 Å². The van der Waals surface area contributed by atoms with Crippen molar-refractivity contribution in [1.29, 1.82) is 0 Å². The smallest absolute Gasteiger partial charge is 0.195 e. The van der Waals surface area contributed by atoms with Crippen molar-refractivity contribution in [1.82, 2.24) is 14.8 Å². The molecule has 1 aliphatic carbocycles. The van der Waals surface area contributed by atoms with Crippen LogP contribution in [0.15, 0.2) is 0 Å². The van der Waals surface area contributed by atoms with E-state index in [1.54, 1.807) is 0 Å². The zero-order chi connectivity index (χ0) is 10.3. The number of nitrogens with zero attached hydrogens (tertiary/aromatic N) is 2. The molecule has 1 aliphatic rings. The maximum absolute atomic E-state index is 5.28. The zero-order valence-corrected chi connectivity index (χ0v) is 9.82. The fraction of sp³-hybridized carbons (Fsp3) is 0.800. The molecule has 1 aromatic heterocycles. The number of aromatic nitrogens is 3. The van der Waals surface area contributed by atoms with Crippen molar-refractivity contribution in [3.05, 3.63) is 10.6 Å². The highest BCUT2D eigenvalue weighted by molar-refractivity contribution is 7.71. The Morgan fingerprint density at radius 3 is 2.71 bits per heavy atom. The second-order valence-electron chi connectivity index (χ2n) is 4.56. The third-order valence-corrected chi connectivity index (χ3v) is 3.48. The minimum absolute atomic E-state index is 0.134. The van der Waals surface area contributed by atoms with Crippen molar-refractivity contribution in [2.24, 2.45) is 5.92 Å². The van der Waals surface area contributed by atoms with Gasteiger partial charge in [0.25, 0.3) is 0 Å². The lowest BCUT2D eigenvalue weighted by Crippen LogP contribution is -2.30. The second kappa shape index (κ2) is 3.19. The molecule has 1 N–H and O–H groups in total. The minimum atomic E-state index is 0.134. The van der Waals surface area contributed by atoms with Gasteiger partial charge in [-0.2, -0.15) is 5.10 Å². The Kier molecular flexibility index (Phi) is 2.26. The highest BCUT2D eigenvalue weighted by Gasteiger charge is 2.40. The molecule has 1 saturated carbocycles. The SMILES string of the molecule is CCc1n[nH]c(=S)n1C(C)(C)C1CC1. The number of aromatic amines is 1. The van der Waals surface area contributed by atoms with Crippen molar-refractivity contribution >= 4 is 12.2 Å². The van der Waals surface area contributed by atoms with Crippen LogP contribution >= 0.6 is 12.2 Å². The van der Waals surface area contributed by atoms with Gasteiger partial charge in [-0.05, 0) is 44.8 Å². The van der Waals surface area contributed by atoms with Gasteiger partial charge in [0, 0.05) is 12.0 Å². The number of aryl methyl sites for hydroxylation is 1. The number of H-pyrrole nitrogens is 1. The van der Waals surface area contributed by atoms with E-state index in [1.807, 2.05) is 0 Å². The molecule has 2 rings (SSSR count). The van der Waals surface area contributed by atoms with Crippen LogP contribution in [0, 0.1) is 10.7 Å². The standard InChI is InChI=1S/C10H17N3S/c1-4-8-11-12-9(14)13(8)10(2,3)7-5-6-7/h7H,4-6H2,1-3H3,(H,12,14). The maximum atomic E-state index is 5.28. The van der Waals surface area contributed by atoms with E-state index in [-0.39, 0.29) is 5.54 Å². The molecule has 1 fully saturated rings. The first-order valence-electron chi connectivity index (χ1n) is 5.24. The summed E-state index contributed by atoms with van der Waals surface area (Å²) in [5.74, 6) is 1.85. The Morgan fingerprint density at radius 2 is 2.21 bits per heavy atom. The van der Waals surface area contributed by atoms with Crippen LogP contribution in [0.2, 0.25) is 0 Å². The molecule has 4 heteroatoms. The molecule has 1 heterocycles. The van der Waals surface area contributed by atoms with E-state index >= 15 is 0 Å². The summed E-state index contributed by atoms with van der Waals surface area (Å²) < 4.78 is 2.96. The number of hydrogen-bond donors (Lipinski definition) is 1.